The lowest BCUT2D eigenvalue weighted by atomic mass is 9.78. The van der Waals surface area contributed by atoms with Crippen LogP contribution in [0.15, 0.2) is 0 Å². The molecule has 2 unspecified atom stereocenters. The summed E-state index contributed by atoms with van der Waals surface area (Å²) in [5, 5.41) is 3.08. The molecular weight excluding hydrogens is 326 g/mol. The van der Waals surface area contributed by atoms with Gasteiger partial charge in [0.15, 0.2) is 0 Å². The van der Waals surface area contributed by atoms with Crippen LogP contribution >= 0.6 is 0 Å². The Labute approximate surface area is 158 Å². The number of carbonyl (C=O) groups excluding carboxylic acids is 2. The highest BCUT2D eigenvalue weighted by molar-refractivity contribution is 5.76. The number of urea groups is 1. The van der Waals surface area contributed by atoms with Gasteiger partial charge in [0.1, 0.15) is 0 Å². The third kappa shape index (κ3) is 5.37. The first-order valence-corrected chi connectivity index (χ1v) is 11.1. The molecule has 1 saturated carbocycles. The molecule has 3 amide bonds. The molecule has 1 aliphatic carbocycles. The second kappa shape index (κ2) is 10.2. The first-order chi connectivity index (χ1) is 12.8. The average molecular weight is 364 g/mol. The van der Waals surface area contributed by atoms with Gasteiger partial charge in [0.2, 0.25) is 5.91 Å². The van der Waals surface area contributed by atoms with Gasteiger partial charge in [-0.25, -0.2) is 4.79 Å². The molecule has 0 aromatic heterocycles. The molecule has 2 saturated heterocycles. The molecule has 2 atom stereocenters. The summed E-state index contributed by atoms with van der Waals surface area (Å²) in [7, 11) is 0. The van der Waals surface area contributed by atoms with Crippen LogP contribution in [0, 0.1) is 5.92 Å². The molecule has 5 heteroatoms. The summed E-state index contributed by atoms with van der Waals surface area (Å²) >= 11 is 0. The molecule has 0 aromatic carbocycles. The van der Waals surface area contributed by atoms with Crippen molar-refractivity contribution in [3.8, 4) is 0 Å². The van der Waals surface area contributed by atoms with Gasteiger partial charge in [0.25, 0.3) is 0 Å². The lowest BCUT2D eigenvalue weighted by Gasteiger charge is -2.44. The number of amides is 3. The SMILES string of the molecule is O=C(CCCNC(=O)N1CCCC2CCCCC21)N1CCCCCCC1. The number of piperidine rings is 1. The Morgan fingerprint density at radius 1 is 0.808 bits per heavy atom. The van der Waals surface area contributed by atoms with Gasteiger partial charge in [0.05, 0.1) is 0 Å². The van der Waals surface area contributed by atoms with Crippen molar-refractivity contribution in [3.63, 3.8) is 0 Å². The predicted octanol–water partition coefficient (Wildman–Crippen LogP) is 3.92. The first-order valence-electron chi connectivity index (χ1n) is 11.1. The molecule has 3 rings (SSSR count). The molecule has 0 bridgehead atoms. The number of nitrogens with one attached hydrogen (secondary N) is 1. The molecule has 0 spiro atoms. The fourth-order valence-corrected chi connectivity index (χ4v) is 5.07. The maximum atomic E-state index is 12.6. The van der Waals surface area contributed by atoms with E-state index >= 15 is 0 Å². The van der Waals surface area contributed by atoms with Crippen LogP contribution in [0.1, 0.15) is 83.5 Å². The van der Waals surface area contributed by atoms with E-state index in [2.05, 4.69) is 10.2 Å². The molecule has 5 nitrogen and oxygen atoms in total. The third-order valence-corrected chi connectivity index (χ3v) is 6.56. The van der Waals surface area contributed by atoms with Crippen LogP contribution in [0.2, 0.25) is 0 Å². The van der Waals surface area contributed by atoms with E-state index in [0.29, 0.717) is 19.0 Å². The normalized spacial score (nSPS) is 27.2. The van der Waals surface area contributed by atoms with E-state index in [9.17, 15) is 9.59 Å². The molecule has 1 N–H and O–H groups in total. The zero-order valence-electron chi connectivity index (χ0n) is 16.4. The number of hydrogen-bond acceptors (Lipinski definition) is 2. The van der Waals surface area contributed by atoms with Crippen molar-refractivity contribution in [1.29, 1.82) is 0 Å². The zero-order chi connectivity index (χ0) is 18.2. The lowest BCUT2D eigenvalue weighted by Crippen LogP contribution is -2.53. The largest absolute Gasteiger partial charge is 0.343 e. The van der Waals surface area contributed by atoms with E-state index in [1.54, 1.807) is 0 Å². The molecule has 0 radical (unpaired) electrons. The van der Waals surface area contributed by atoms with E-state index in [1.165, 1.54) is 51.4 Å². The number of hydrogen-bond donors (Lipinski definition) is 1. The van der Waals surface area contributed by atoms with E-state index < -0.39 is 0 Å². The van der Waals surface area contributed by atoms with Crippen molar-refractivity contribution in [2.45, 2.75) is 89.5 Å². The van der Waals surface area contributed by atoms with Gasteiger partial charge in [-0.15, -0.1) is 0 Å². The standard InChI is InChI=1S/C21H37N3O2/c25-20(23-15-6-2-1-3-7-16-23)13-8-14-22-21(26)24-17-9-11-18-10-4-5-12-19(18)24/h18-19H,1-17H2,(H,22,26). The highest BCUT2D eigenvalue weighted by Crippen LogP contribution is 2.35. The average Bonchev–Trinajstić information content (AvgIpc) is 2.64. The van der Waals surface area contributed by atoms with Gasteiger partial charge < -0.3 is 15.1 Å². The molecule has 3 fully saturated rings. The van der Waals surface area contributed by atoms with Crippen LogP contribution in [-0.4, -0.2) is 54.0 Å². The second-order valence-corrected chi connectivity index (χ2v) is 8.43. The summed E-state index contributed by atoms with van der Waals surface area (Å²) < 4.78 is 0. The van der Waals surface area contributed by atoms with Crippen molar-refractivity contribution >= 4 is 11.9 Å². The Morgan fingerprint density at radius 2 is 1.50 bits per heavy atom. The van der Waals surface area contributed by atoms with Crippen LogP contribution < -0.4 is 5.32 Å². The monoisotopic (exact) mass is 363 g/mol. The molecule has 2 aliphatic heterocycles. The number of carbonyl (C=O) groups is 2. The number of likely N-dealkylation sites (tertiary alicyclic amines) is 2. The fourth-order valence-electron chi connectivity index (χ4n) is 5.07. The van der Waals surface area contributed by atoms with Gasteiger partial charge in [-0.05, 0) is 50.9 Å². The minimum absolute atomic E-state index is 0.0975. The third-order valence-electron chi connectivity index (χ3n) is 6.56. The highest BCUT2D eigenvalue weighted by Gasteiger charge is 2.35. The zero-order valence-corrected chi connectivity index (χ0v) is 16.4. The Bertz CT molecular complexity index is 458. The molecule has 26 heavy (non-hydrogen) atoms. The first kappa shape index (κ1) is 19.5. The Morgan fingerprint density at radius 3 is 2.31 bits per heavy atom. The highest BCUT2D eigenvalue weighted by atomic mass is 16.2. The van der Waals surface area contributed by atoms with E-state index in [4.69, 9.17) is 0 Å². The van der Waals surface area contributed by atoms with Crippen molar-refractivity contribution < 1.29 is 9.59 Å². The van der Waals surface area contributed by atoms with Crippen LogP contribution in [0.4, 0.5) is 4.79 Å². The molecule has 3 aliphatic rings. The van der Waals surface area contributed by atoms with Gasteiger partial charge in [-0.3, -0.25) is 4.79 Å². The molecule has 148 valence electrons. The van der Waals surface area contributed by atoms with Crippen LogP contribution in [0.3, 0.4) is 0 Å². The quantitative estimate of drug-likeness (QED) is 0.770. The smallest absolute Gasteiger partial charge is 0.317 e. The molecule has 2 heterocycles. The molecular formula is C21H37N3O2. The summed E-state index contributed by atoms with van der Waals surface area (Å²) in [5.74, 6) is 0.989. The van der Waals surface area contributed by atoms with Crippen molar-refractivity contribution in [2.24, 2.45) is 5.92 Å². The van der Waals surface area contributed by atoms with E-state index in [0.717, 1.165) is 51.2 Å². The summed E-state index contributed by atoms with van der Waals surface area (Å²) in [6, 6.07) is 0.556. The minimum atomic E-state index is 0.0975. The topological polar surface area (TPSA) is 52.7 Å². The van der Waals surface area contributed by atoms with Crippen molar-refractivity contribution in [2.75, 3.05) is 26.2 Å². The van der Waals surface area contributed by atoms with Crippen molar-refractivity contribution in [3.05, 3.63) is 0 Å². The maximum absolute atomic E-state index is 12.6. The van der Waals surface area contributed by atoms with Crippen molar-refractivity contribution in [1.82, 2.24) is 15.1 Å². The van der Waals surface area contributed by atoms with Gasteiger partial charge in [-0.2, -0.15) is 0 Å². The fraction of sp³-hybridized carbons (Fsp3) is 0.905. The molecule has 0 aromatic rings. The lowest BCUT2D eigenvalue weighted by molar-refractivity contribution is -0.131. The maximum Gasteiger partial charge on any atom is 0.317 e. The summed E-state index contributed by atoms with van der Waals surface area (Å²) in [6.07, 6.45) is 14.9. The summed E-state index contributed by atoms with van der Waals surface area (Å²) in [5.41, 5.74) is 0. The predicted molar refractivity (Wildman–Crippen MR) is 104 cm³/mol. The van der Waals surface area contributed by atoms with Gasteiger partial charge in [0, 0.05) is 38.6 Å². The summed E-state index contributed by atoms with van der Waals surface area (Å²) in [4.78, 5) is 29.1. The number of rotatable bonds is 4. The van der Waals surface area contributed by atoms with Gasteiger partial charge in [-0.1, -0.05) is 32.1 Å². The van der Waals surface area contributed by atoms with E-state index in [-0.39, 0.29) is 11.9 Å². The van der Waals surface area contributed by atoms with E-state index in [1.807, 2.05) is 4.90 Å². The summed E-state index contributed by atoms with van der Waals surface area (Å²) in [6.45, 7) is 3.36. The minimum Gasteiger partial charge on any atom is -0.343 e. The number of nitrogens with zero attached hydrogens (tertiary/aromatic N) is 2. The second-order valence-electron chi connectivity index (χ2n) is 8.43. The van der Waals surface area contributed by atoms with Crippen LogP contribution in [0.5, 0.6) is 0 Å². The Hall–Kier alpha value is -1.26. The number of fused-ring (bicyclic) bond motifs is 1. The van der Waals surface area contributed by atoms with Crippen LogP contribution in [-0.2, 0) is 4.79 Å². The van der Waals surface area contributed by atoms with Crippen LogP contribution in [0.25, 0.3) is 0 Å². The Kier molecular flexibility index (Phi) is 7.63. The van der Waals surface area contributed by atoms with Gasteiger partial charge >= 0.3 is 6.03 Å². The Balaban J connectivity index is 1.36.